The van der Waals surface area contributed by atoms with E-state index in [9.17, 15) is 20.2 Å². The highest BCUT2D eigenvalue weighted by Gasteiger charge is 2.19. The van der Waals surface area contributed by atoms with Crippen LogP contribution in [0.5, 0.6) is 0 Å². The minimum Gasteiger partial charge on any atom is -0.415 e. The maximum atomic E-state index is 11.1. The van der Waals surface area contributed by atoms with Crippen LogP contribution in [0.15, 0.2) is 18.2 Å². The maximum Gasteiger partial charge on any atom is 0.299 e. The first kappa shape index (κ1) is 39.7. The molecule has 0 aliphatic rings. The van der Waals surface area contributed by atoms with E-state index in [0.29, 0.717) is 112 Å². The number of hydrogen-bond donors (Lipinski definition) is 1. The molecule has 0 atom stereocenters. The van der Waals surface area contributed by atoms with E-state index >= 15 is 0 Å². The molecule has 0 aromatic heterocycles. The molecular weight excluding hydrogens is 602 g/mol. The zero-order chi connectivity index (χ0) is 32.3. The molecule has 254 valence electrons. The van der Waals surface area contributed by atoms with Crippen LogP contribution in [0.2, 0.25) is 19.6 Å². The highest BCUT2D eigenvalue weighted by atomic mass is 28.4. The van der Waals surface area contributed by atoms with Crippen molar-refractivity contribution in [1.82, 2.24) is 0 Å². The fourth-order valence-electron chi connectivity index (χ4n) is 3.24. The summed E-state index contributed by atoms with van der Waals surface area (Å²) in [6.45, 7) is 14.7. The minimum atomic E-state index is -1.47. The molecule has 0 spiro atoms. The highest BCUT2D eigenvalue weighted by Crippen LogP contribution is 2.28. The fourth-order valence-corrected chi connectivity index (χ4v) is 3.94. The van der Waals surface area contributed by atoms with Crippen molar-refractivity contribution >= 4 is 25.4 Å². The van der Waals surface area contributed by atoms with E-state index in [1.54, 1.807) is 0 Å². The Balaban J connectivity index is 1.77. The molecule has 0 amide bonds. The number of nitro groups is 2. The zero-order valence-corrected chi connectivity index (χ0v) is 27.2. The molecular formula is C27H49N3O13Si. The van der Waals surface area contributed by atoms with Crippen molar-refractivity contribution in [3.63, 3.8) is 0 Å². The largest absolute Gasteiger partial charge is 0.415 e. The monoisotopic (exact) mass is 651 g/mol. The number of benzene rings is 1. The Morgan fingerprint density at radius 2 is 0.932 bits per heavy atom. The number of rotatable bonds is 31. The molecule has 0 saturated heterocycles. The molecule has 0 radical (unpaired) electrons. The van der Waals surface area contributed by atoms with Gasteiger partial charge in [0.1, 0.15) is 5.69 Å². The molecule has 16 nitrogen and oxygen atoms in total. The molecule has 1 N–H and O–H groups in total. The van der Waals surface area contributed by atoms with Gasteiger partial charge in [0.2, 0.25) is 0 Å². The first-order valence-corrected chi connectivity index (χ1v) is 18.0. The average molecular weight is 652 g/mol. The number of hydrogen-bond acceptors (Lipinski definition) is 14. The van der Waals surface area contributed by atoms with Crippen molar-refractivity contribution in [3.8, 4) is 0 Å². The van der Waals surface area contributed by atoms with Crippen LogP contribution in [0.25, 0.3) is 0 Å². The summed E-state index contributed by atoms with van der Waals surface area (Å²) in [5, 5.41) is 24.8. The van der Waals surface area contributed by atoms with Gasteiger partial charge in [-0.05, 0) is 25.7 Å². The number of nitrogens with one attached hydrogen (secondary N) is 1. The Kier molecular flexibility index (Phi) is 23.4. The predicted molar refractivity (Wildman–Crippen MR) is 164 cm³/mol. The molecule has 0 bridgehead atoms. The van der Waals surface area contributed by atoms with Crippen LogP contribution in [0.1, 0.15) is 0 Å². The van der Waals surface area contributed by atoms with Gasteiger partial charge >= 0.3 is 0 Å². The van der Waals surface area contributed by atoms with Gasteiger partial charge in [0, 0.05) is 12.6 Å². The van der Waals surface area contributed by atoms with Crippen LogP contribution in [0.3, 0.4) is 0 Å². The van der Waals surface area contributed by atoms with E-state index in [4.69, 9.17) is 42.3 Å². The molecule has 1 aromatic carbocycles. The third-order valence-corrected chi connectivity index (χ3v) is 6.39. The van der Waals surface area contributed by atoms with Gasteiger partial charge in [0.15, 0.2) is 8.32 Å². The third-order valence-electron chi connectivity index (χ3n) is 5.32. The summed E-state index contributed by atoms with van der Waals surface area (Å²) in [5.41, 5.74) is -0.517. The summed E-state index contributed by atoms with van der Waals surface area (Å²) in [7, 11) is -1.47. The van der Waals surface area contributed by atoms with Gasteiger partial charge < -0.3 is 47.6 Å². The predicted octanol–water partition coefficient (Wildman–Crippen LogP) is 2.90. The molecule has 0 aliphatic carbocycles. The molecule has 0 saturated carbocycles. The second-order valence-electron chi connectivity index (χ2n) is 10.0. The molecule has 0 unspecified atom stereocenters. The molecule has 0 heterocycles. The number of ether oxygens (including phenoxy) is 8. The SMILES string of the molecule is C[Si](C)(C)OCCOCCOCCOCCOCCOCCOCCOCCOCCNc1ccc([N+](=O)[O-])cc1[N+](=O)[O-]. The normalized spacial score (nSPS) is 11.6. The lowest BCUT2D eigenvalue weighted by Gasteiger charge is -2.16. The van der Waals surface area contributed by atoms with Crippen molar-refractivity contribution < 1.29 is 52.2 Å². The summed E-state index contributed by atoms with van der Waals surface area (Å²) in [6, 6.07) is 3.43. The van der Waals surface area contributed by atoms with Gasteiger partial charge in [-0.25, -0.2) is 0 Å². The maximum absolute atomic E-state index is 11.1. The van der Waals surface area contributed by atoms with E-state index in [-0.39, 0.29) is 23.7 Å². The van der Waals surface area contributed by atoms with Gasteiger partial charge in [-0.2, -0.15) is 0 Å². The van der Waals surface area contributed by atoms with Gasteiger partial charge in [0.25, 0.3) is 11.4 Å². The van der Waals surface area contributed by atoms with Crippen molar-refractivity contribution in [2.24, 2.45) is 0 Å². The number of nitro benzene ring substituents is 2. The van der Waals surface area contributed by atoms with E-state index < -0.39 is 18.2 Å². The Morgan fingerprint density at radius 3 is 1.27 bits per heavy atom. The topological polar surface area (TPSA) is 181 Å². The van der Waals surface area contributed by atoms with Crippen molar-refractivity contribution in [3.05, 3.63) is 38.4 Å². The molecule has 0 fully saturated rings. The number of non-ortho nitro benzene ring substituents is 1. The summed E-state index contributed by atoms with van der Waals surface area (Å²) < 4.78 is 49.2. The van der Waals surface area contributed by atoms with Gasteiger partial charge in [-0.1, -0.05) is 0 Å². The number of anilines is 1. The Labute approximate surface area is 259 Å². The Bertz CT molecular complexity index is 893. The van der Waals surface area contributed by atoms with E-state index in [2.05, 4.69) is 25.0 Å². The highest BCUT2D eigenvalue weighted by molar-refractivity contribution is 6.69. The quantitative estimate of drug-likeness (QED) is 0.0535. The van der Waals surface area contributed by atoms with Crippen molar-refractivity contribution in [2.75, 3.05) is 124 Å². The van der Waals surface area contributed by atoms with E-state index in [1.165, 1.54) is 12.1 Å². The fraction of sp³-hybridized carbons (Fsp3) is 0.778. The standard InChI is InChI=1S/C27H49N3O13Si/c1-44(2,3)43-23-22-42-21-20-41-19-18-40-17-16-39-15-14-38-13-12-37-11-10-36-9-8-35-7-6-28-26-5-4-25(29(31)32)24-27(26)30(33)34/h4-5,24,28H,6-23H2,1-3H3. The van der Waals surface area contributed by atoms with Crippen LogP contribution in [0, 0.1) is 20.2 Å². The van der Waals surface area contributed by atoms with Crippen LogP contribution in [0.4, 0.5) is 17.1 Å². The van der Waals surface area contributed by atoms with Gasteiger partial charge in [-0.3, -0.25) is 20.2 Å². The summed E-state index contributed by atoms with van der Waals surface area (Å²) >= 11 is 0. The van der Waals surface area contributed by atoms with Crippen LogP contribution in [-0.4, -0.2) is 137 Å². The van der Waals surface area contributed by atoms with Crippen LogP contribution >= 0.6 is 0 Å². The summed E-state index contributed by atoms with van der Waals surface area (Å²) in [4.78, 5) is 20.6. The first-order chi connectivity index (χ1) is 21.2. The second-order valence-corrected chi connectivity index (χ2v) is 14.5. The molecule has 0 aliphatic heterocycles. The average Bonchev–Trinajstić information content (AvgIpc) is 2.97. The number of nitrogens with zero attached hydrogens (tertiary/aromatic N) is 2. The molecule has 1 rings (SSSR count). The smallest absolute Gasteiger partial charge is 0.299 e. The lowest BCUT2D eigenvalue weighted by Crippen LogP contribution is -2.27. The molecule has 44 heavy (non-hydrogen) atoms. The Hall–Kier alpha value is -2.32. The van der Waals surface area contributed by atoms with Crippen LogP contribution in [-0.2, 0) is 42.3 Å². The van der Waals surface area contributed by atoms with Crippen molar-refractivity contribution in [2.45, 2.75) is 19.6 Å². The van der Waals surface area contributed by atoms with E-state index in [0.717, 1.165) is 6.07 Å². The van der Waals surface area contributed by atoms with Crippen LogP contribution < -0.4 is 5.32 Å². The zero-order valence-electron chi connectivity index (χ0n) is 26.2. The van der Waals surface area contributed by atoms with E-state index in [1.807, 2.05) is 0 Å². The van der Waals surface area contributed by atoms with Gasteiger partial charge in [-0.15, -0.1) is 0 Å². The van der Waals surface area contributed by atoms with Gasteiger partial charge in [0.05, 0.1) is 128 Å². The lowest BCUT2D eigenvalue weighted by atomic mass is 10.2. The molecule has 1 aromatic rings. The summed E-state index contributed by atoms with van der Waals surface area (Å²) in [6.07, 6.45) is 0. The second kappa shape index (κ2) is 25.9. The minimum absolute atomic E-state index is 0.189. The first-order valence-electron chi connectivity index (χ1n) is 14.6. The lowest BCUT2D eigenvalue weighted by molar-refractivity contribution is -0.393. The Morgan fingerprint density at radius 1 is 0.568 bits per heavy atom. The molecule has 17 heteroatoms. The summed E-state index contributed by atoms with van der Waals surface area (Å²) in [5.74, 6) is 0. The third kappa shape index (κ3) is 23.1. The van der Waals surface area contributed by atoms with Crippen molar-refractivity contribution in [1.29, 1.82) is 0 Å².